The molecule has 0 spiro atoms. The molecule has 1 aromatic carbocycles. The van der Waals surface area contributed by atoms with Crippen molar-refractivity contribution in [1.82, 2.24) is 9.55 Å². The predicted molar refractivity (Wildman–Crippen MR) is 83.2 cm³/mol. The van der Waals surface area contributed by atoms with E-state index in [1.807, 2.05) is 24.7 Å². The summed E-state index contributed by atoms with van der Waals surface area (Å²) in [5, 5.41) is 6.34. The first kappa shape index (κ1) is 13.7. The van der Waals surface area contributed by atoms with Gasteiger partial charge in [-0.2, -0.15) is 0 Å². The number of carbonyl (C=O) groups is 1. The first-order valence-corrected chi connectivity index (χ1v) is 7.42. The quantitative estimate of drug-likeness (QED) is 0.887. The van der Waals surface area contributed by atoms with E-state index in [0.29, 0.717) is 6.42 Å². The van der Waals surface area contributed by atoms with E-state index in [1.54, 1.807) is 0 Å². The smallest absolute Gasteiger partial charge is 0.224 e. The largest absolute Gasteiger partial charge is 0.379 e. The van der Waals surface area contributed by atoms with Gasteiger partial charge in [-0.3, -0.25) is 4.79 Å². The van der Waals surface area contributed by atoms with Crippen LogP contribution >= 0.6 is 0 Å². The summed E-state index contributed by atoms with van der Waals surface area (Å²) in [6.45, 7) is 3.91. The van der Waals surface area contributed by atoms with Gasteiger partial charge in [0.1, 0.15) is 0 Å². The van der Waals surface area contributed by atoms with E-state index < -0.39 is 0 Å². The Labute approximate surface area is 124 Å². The molecule has 2 heterocycles. The van der Waals surface area contributed by atoms with Crippen molar-refractivity contribution in [1.29, 1.82) is 0 Å². The van der Waals surface area contributed by atoms with E-state index in [0.717, 1.165) is 37.3 Å². The van der Waals surface area contributed by atoms with Crippen LogP contribution in [0.3, 0.4) is 0 Å². The van der Waals surface area contributed by atoms with Crippen LogP contribution in [-0.2, 0) is 24.3 Å². The summed E-state index contributed by atoms with van der Waals surface area (Å²) in [7, 11) is 0. The van der Waals surface area contributed by atoms with Gasteiger partial charge in [-0.1, -0.05) is 6.92 Å². The Bertz CT molecular complexity index is 647. The second kappa shape index (κ2) is 5.99. The number of aryl methyl sites for hydroxylation is 2. The summed E-state index contributed by atoms with van der Waals surface area (Å²) < 4.78 is 2.17. The van der Waals surface area contributed by atoms with Crippen molar-refractivity contribution in [2.45, 2.75) is 39.3 Å². The third-order valence-electron chi connectivity index (χ3n) is 3.74. The van der Waals surface area contributed by atoms with Crippen LogP contribution in [0.25, 0.3) is 0 Å². The Morgan fingerprint density at radius 2 is 2.29 bits per heavy atom. The zero-order valence-electron chi connectivity index (χ0n) is 12.2. The minimum absolute atomic E-state index is 0.103. The van der Waals surface area contributed by atoms with Crippen molar-refractivity contribution in [3.05, 3.63) is 42.0 Å². The maximum absolute atomic E-state index is 11.4. The number of benzene rings is 1. The third-order valence-corrected chi connectivity index (χ3v) is 3.74. The number of hydrogen-bond donors (Lipinski definition) is 2. The van der Waals surface area contributed by atoms with Gasteiger partial charge in [-0.25, -0.2) is 4.98 Å². The maximum Gasteiger partial charge on any atom is 0.224 e. The minimum Gasteiger partial charge on any atom is -0.379 e. The zero-order valence-corrected chi connectivity index (χ0v) is 12.2. The molecule has 1 aliphatic rings. The van der Waals surface area contributed by atoms with E-state index in [1.165, 1.54) is 11.3 Å². The summed E-state index contributed by atoms with van der Waals surface area (Å²) in [6.07, 6.45) is 6.26. The lowest BCUT2D eigenvalue weighted by Gasteiger charge is -2.18. The molecule has 0 bridgehead atoms. The Kier molecular flexibility index (Phi) is 3.90. The molecule has 0 aliphatic carbocycles. The molecule has 3 rings (SSSR count). The number of aromatic nitrogens is 2. The summed E-state index contributed by atoms with van der Waals surface area (Å²) in [5.74, 6) is 0.103. The van der Waals surface area contributed by atoms with Crippen molar-refractivity contribution in [3.8, 4) is 0 Å². The molecule has 0 fully saturated rings. The van der Waals surface area contributed by atoms with E-state index in [9.17, 15) is 4.79 Å². The number of amides is 1. The number of rotatable bonds is 5. The van der Waals surface area contributed by atoms with Gasteiger partial charge in [0, 0.05) is 30.5 Å². The lowest BCUT2D eigenvalue weighted by molar-refractivity contribution is -0.116. The van der Waals surface area contributed by atoms with Gasteiger partial charge in [-0.15, -0.1) is 0 Å². The summed E-state index contributed by atoms with van der Waals surface area (Å²) in [4.78, 5) is 15.6. The highest BCUT2D eigenvalue weighted by molar-refractivity contribution is 5.94. The Morgan fingerprint density at radius 1 is 1.38 bits per heavy atom. The highest BCUT2D eigenvalue weighted by Gasteiger charge is 2.14. The average Bonchev–Trinajstić information content (AvgIpc) is 2.93. The normalized spacial score (nSPS) is 13.7. The fraction of sp³-hybridized carbons (Fsp3) is 0.375. The third kappa shape index (κ3) is 3.07. The van der Waals surface area contributed by atoms with Crippen LogP contribution in [0.2, 0.25) is 0 Å². The molecule has 5 heteroatoms. The first-order valence-electron chi connectivity index (χ1n) is 7.42. The molecule has 2 aromatic rings. The Balaban J connectivity index is 1.68. The van der Waals surface area contributed by atoms with Crippen LogP contribution in [0.15, 0.2) is 30.7 Å². The monoisotopic (exact) mass is 284 g/mol. The summed E-state index contributed by atoms with van der Waals surface area (Å²) in [5.41, 5.74) is 4.39. The first-order chi connectivity index (χ1) is 10.3. The number of fused-ring (bicyclic) bond motifs is 1. The fourth-order valence-corrected chi connectivity index (χ4v) is 2.62. The molecule has 1 aliphatic heterocycles. The van der Waals surface area contributed by atoms with Crippen molar-refractivity contribution in [2.75, 3.05) is 10.6 Å². The van der Waals surface area contributed by atoms with Crippen molar-refractivity contribution < 1.29 is 4.79 Å². The average molecular weight is 284 g/mol. The number of carbonyl (C=O) groups excluding carboxylic acids is 1. The van der Waals surface area contributed by atoms with Crippen LogP contribution in [0, 0.1) is 0 Å². The number of anilines is 2. The van der Waals surface area contributed by atoms with Crippen molar-refractivity contribution >= 4 is 17.3 Å². The summed E-state index contributed by atoms with van der Waals surface area (Å²) in [6, 6.07) is 6.10. The molecule has 5 nitrogen and oxygen atoms in total. The maximum atomic E-state index is 11.4. The summed E-state index contributed by atoms with van der Waals surface area (Å²) >= 11 is 0. The molecule has 1 aromatic heterocycles. The van der Waals surface area contributed by atoms with Crippen LogP contribution in [0.5, 0.6) is 0 Å². The van der Waals surface area contributed by atoms with Gasteiger partial charge in [0.25, 0.3) is 0 Å². The second-order valence-corrected chi connectivity index (χ2v) is 5.35. The molecule has 0 unspecified atom stereocenters. The SMILES string of the molecule is CCCn1cncc1CNc1ccc2c(c1)CCC(=O)N2. The van der Waals surface area contributed by atoms with Gasteiger partial charge in [0.15, 0.2) is 0 Å². The lowest BCUT2D eigenvalue weighted by atomic mass is 10.0. The zero-order chi connectivity index (χ0) is 14.7. The van der Waals surface area contributed by atoms with E-state index in [-0.39, 0.29) is 5.91 Å². The molecular formula is C16H20N4O. The van der Waals surface area contributed by atoms with Gasteiger partial charge >= 0.3 is 0 Å². The van der Waals surface area contributed by atoms with Gasteiger partial charge in [0.2, 0.25) is 5.91 Å². The Hall–Kier alpha value is -2.30. The number of nitrogens with one attached hydrogen (secondary N) is 2. The van der Waals surface area contributed by atoms with E-state index in [4.69, 9.17) is 0 Å². The fourth-order valence-electron chi connectivity index (χ4n) is 2.62. The molecular weight excluding hydrogens is 264 g/mol. The topological polar surface area (TPSA) is 59.0 Å². The van der Waals surface area contributed by atoms with Gasteiger partial charge in [0.05, 0.1) is 18.6 Å². The molecule has 0 radical (unpaired) electrons. The van der Waals surface area contributed by atoms with Crippen LogP contribution in [0.1, 0.15) is 31.0 Å². The molecule has 0 atom stereocenters. The lowest BCUT2D eigenvalue weighted by Crippen LogP contribution is -2.19. The van der Waals surface area contributed by atoms with E-state index >= 15 is 0 Å². The second-order valence-electron chi connectivity index (χ2n) is 5.35. The van der Waals surface area contributed by atoms with Crippen LogP contribution in [0.4, 0.5) is 11.4 Å². The van der Waals surface area contributed by atoms with Gasteiger partial charge < -0.3 is 15.2 Å². The molecule has 0 saturated heterocycles. The standard InChI is InChI=1S/C16H20N4O/c1-2-7-20-11-17-9-14(20)10-18-13-4-5-15-12(8-13)3-6-16(21)19-15/h4-5,8-9,11,18H,2-3,6-7,10H2,1H3,(H,19,21). The highest BCUT2D eigenvalue weighted by atomic mass is 16.1. The van der Waals surface area contributed by atoms with Gasteiger partial charge in [-0.05, 0) is 36.6 Å². The molecule has 1 amide bonds. The Morgan fingerprint density at radius 3 is 3.14 bits per heavy atom. The van der Waals surface area contributed by atoms with Crippen LogP contribution in [-0.4, -0.2) is 15.5 Å². The van der Waals surface area contributed by atoms with Crippen LogP contribution < -0.4 is 10.6 Å². The van der Waals surface area contributed by atoms with E-state index in [2.05, 4.69) is 33.2 Å². The minimum atomic E-state index is 0.103. The number of imidazole rings is 1. The number of nitrogens with zero attached hydrogens (tertiary/aromatic N) is 2. The molecule has 110 valence electrons. The van der Waals surface area contributed by atoms with Crippen molar-refractivity contribution in [3.63, 3.8) is 0 Å². The molecule has 21 heavy (non-hydrogen) atoms. The molecule has 0 saturated carbocycles. The number of hydrogen-bond acceptors (Lipinski definition) is 3. The predicted octanol–water partition coefficient (Wildman–Crippen LogP) is 2.79. The highest BCUT2D eigenvalue weighted by Crippen LogP contribution is 2.25. The van der Waals surface area contributed by atoms with Crippen molar-refractivity contribution in [2.24, 2.45) is 0 Å². The molecule has 2 N–H and O–H groups in total.